The van der Waals surface area contributed by atoms with Gasteiger partial charge >= 0.3 is 5.97 Å². The molecule has 130 valence electrons. The predicted octanol–water partition coefficient (Wildman–Crippen LogP) is 4.45. The molecular weight excluding hydrogens is 332 g/mol. The van der Waals surface area contributed by atoms with Crippen molar-refractivity contribution in [3.63, 3.8) is 0 Å². The van der Waals surface area contributed by atoms with E-state index in [1.165, 1.54) is 22.5 Å². The van der Waals surface area contributed by atoms with Gasteiger partial charge in [-0.1, -0.05) is 29.8 Å². The zero-order valence-electron chi connectivity index (χ0n) is 14.7. The van der Waals surface area contributed by atoms with Gasteiger partial charge in [0.05, 0.1) is 5.56 Å². The summed E-state index contributed by atoms with van der Waals surface area (Å²) in [6, 6.07) is 12.4. The summed E-state index contributed by atoms with van der Waals surface area (Å²) < 4.78 is 1.98. The fourth-order valence-electron chi connectivity index (χ4n) is 2.83. The minimum atomic E-state index is -0.871. The molecule has 4 nitrogen and oxygen atoms in total. The first-order valence-corrected chi connectivity index (χ1v) is 9.05. The number of hydrogen-bond donors (Lipinski definition) is 2. The Kier molecular flexibility index (Phi) is 5.06. The molecule has 0 aliphatic heterocycles. The van der Waals surface area contributed by atoms with Crippen LogP contribution in [0.3, 0.4) is 0 Å². The van der Waals surface area contributed by atoms with Gasteiger partial charge in [-0.15, -0.1) is 11.3 Å². The third-order valence-electron chi connectivity index (χ3n) is 4.39. The number of rotatable bonds is 6. The van der Waals surface area contributed by atoms with E-state index < -0.39 is 5.97 Å². The lowest BCUT2D eigenvalue weighted by molar-refractivity contribution is 0.0696. The van der Waals surface area contributed by atoms with Crippen molar-refractivity contribution in [3.8, 4) is 5.00 Å². The van der Waals surface area contributed by atoms with Crippen molar-refractivity contribution < 1.29 is 9.90 Å². The quantitative estimate of drug-likeness (QED) is 0.687. The molecule has 0 radical (unpaired) electrons. The lowest BCUT2D eigenvalue weighted by Crippen LogP contribution is -2.15. The maximum absolute atomic E-state index is 11.7. The SMILES string of the molecule is Cc1ccc(CNCc2cccn2-c2sc(C)c(C)c2C(=O)O)cc1. The summed E-state index contributed by atoms with van der Waals surface area (Å²) >= 11 is 1.53. The van der Waals surface area contributed by atoms with Crippen molar-refractivity contribution in [2.75, 3.05) is 0 Å². The van der Waals surface area contributed by atoms with E-state index in [9.17, 15) is 9.90 Å². The fraction of sp³-hybridized carbons (Fsp3) is 0.250. The highest BCUT2D eigenvalue weighted by molar-refractivity contribution is 7.15. The number of aromatic nitrogens is 1. The number of carbonyl (C=O) groups is 1. The van der Waals surface area contributed by atoms with Gasteiger partial charge in [0.25, 0.3) is 0 Å². The monoisotopic (exact) mass is 354 g/mol. The largest absolute Gasteiger partial charge is 0.478 e. The Morgan fingerprint density at radius 2 is 1.84 bits per heavy atom. The van der Waals surface area contributed by atoms with Gasteiger partial charge in [-0.25, -0.2) is 4.79 Å². The van der Waals surface area contributed by atoms with Crippen molar-refractivity contribution in [2.24, 2.45) is 0 Å². The van der Waals surface area contributed by atoms with Crippen LogP contribution in [-0.2, 0) is 13.1 Å². The van der Waals surface area contributed by atoms with E-state index in [-0.39, 0.29) is 0 Å². The maximum atomic E-state index is 11.7. The second-order valence-electron chi connectivity index (χ2n) is 6.23. The van der Waals surface area contributed by atoms with E-state index in [2.05, 4.69) is 36.5 Å². The summed E-state index contributed by atoms with van der Waals surface area (Å²) in [5.41, 5.74) is 4.79. The van der Waals surface area contributed by atoms with Crippen LogP contribution in [0.25, 0.3) is 5.00 Å². The molecule has 0 saturated heterocycles. The molecule has 0 bridgehead atoms. The zero-order valence-corrected chi connectivity index (χ0v) is 15.5. The summed E-state index contributed by atoms with van der Waals surface area (Å²) in [5.74, 6) is -0.871. The van der Waals surface area contributed by atoms with E-state index in [1.807, 2.05) is 36.7 Å². The highest BCUT2D eigenvalue weighted by atomic mass is 32.1. The fourth-order valence-corrected chi connectivity index (χ4v) is 3.99. The maximum Gasteiger partial charge on any atom is 0.339 e. The summed E-state index contributed by atoms with van der Waals surface area (Å²) in [6.45, 7) is 7.37. The molecule has 1 aromatic carbocycles. The predicted molar refractivity (Wildman–Crippen MR) is 102 cm³/mol. The highest BCUT2D eigenvalue weighted by Gasteiger charge is 2.21. The Labute approximate surface area is 151 Å². The van der Waals surface area contributed by atoms with Gasteiger partial charge in [-0.3, -0.25) is 0 Å². The van der Waals surface area contributed by atoms with Crippen molar-refractivity contribution in [1.82, 2.24) is 9.88 Å². The summed E-state index contributed by atoms with van der Waals surface area (Å²) in [4.78, 5) is 12.7. The number of carboxylic acids is 1. The average Bonchev–Trinajstić information content (AvgIpc) is 3.14. The minimum Gasteiger partial charge on any atom is -0.478 e. The number of aromatic carboxylic acids is 1. The molecule has 3 aromatic rings. The Morgan fingerprint density at radius 1 is 1.12 bits per heavy atom. The number of nitrogens with zero attached hydrogens (tertiary/aromatic N) is 1. The number of benzene rings is 1. The zero-order chi connectivity index (χ0) is 18.0. The van der Waals surface area contributed by atoms with Gasteiger partial charge in [0.15, 0.2) is 0 Å². The highest BCUT2D eigenvalue weighted by Crippen LogP contribution is 2.32. The first-order chi connectivity index (χ1) is 12.0. The third-order valence-corrected chi connectivity index (χ3v) is 5.59. The van der Waals surface area contributed by atoms with Crippen molar-refractivity contribution in [3.05, 3.63) is 75.4 Å². The molecule has 2 aromatic heterocycles. The molecule has 0 saturated carbocycles. The standard InChI is InChI=1S/C20H22N2O2S/c1-13-6-8-16(9-7-13)11-21-12-17-5-4-10-22(17)19-18(20(23)24)14(2)15(3)25-19/h4-10,21H,11-12H2,1-3H3,(H,23,24). The second kappa shape index (κ2) is 7.25. The van der Waals surface area contributed by atoms with Crippen molar-refractivity contribution in [2.45, 2.75) is 33.9 Å². The number of nitrogens with one attached hydrogen (secondary N) is 1. The van der Waals surface area contributed by atoms with E-state index >= 15 is 0 Å². The summed E-state index contributed by atoms with van der Waals surface area (Å²) in [7, 11) is 0. The molecule has 0 atom stereocenters. The third kappa shape index (κ3) is 3.67. The molecule has 2 heterocycles. The Morgan fingerprint density at radius 3 is 2.52 bits per heavy atom. The van der Waals surface area contributed by atoms with Gasteiger partial charge in [0, 0.05) is 29.9 Å². The van der Waals surface area contributed by atoms with Crippen LogP contribution in [0.15, 0.2) is 42.6 Å². The average molecular weight is 354 g/mol. The molecule has 0 aliphatic rings. The van der Waals surface area contributed by atoms with Crippen molar-refractivity contribution >= 4 is 17.3 Å². The van der Waals surface area contributed by atoms with E-state index in [1.54, 1.807) is 0 Å². The van der Waals surface area contributed by atoms with Crippen LogP contribution < -0.4 is 5.32 Å². The van der Waals surface area contributed by atoms with Gasteiger partial charge in [-0.2, -0.15) is 0 Å². The van der Waals surface area contributed by atoms with Crippen molar-refractivity contribution in [1.29, 1.82) is 0 Å². The Bertz CT molecular complexity index is 891. The van der Waals surface area contributed by atoms with Crippen LogP contribution in [0, 0.1) is 20.8 Å². The molecule has 0 unspecified atom stereocenters. The van der Waals surface area contributed by atoms with Gasteiger partial charge in [0.1, 0.15) is 5.00 Å². The van der Waals surface area contributed by atoms with E-state index in [4.69, 9.17) is 0 Å². The van der Waals surface area contributed by atoms with Gasteiger partial charge in [0.2, 0.25) is 0 Å². The normalized spacial score (nSPS) is 11.0. The molecule has 0 fully saturated rings. The number of aryl methyl sites for hydroxylation is 2. The molecule has 0 aliphatic carbocycles. The first kappa shape index (κ1) is 17.5. The number of hydrogen-bond acceptors (Lipinski definition) is 3. The molecule has 25 heavy (non-hydrogen) atoms. The Hall–Kier alpha value is -2.37. The molecular formula is C20H22N2O2S. The van der Waals surface area contributed by atoms with Crippen LogP contribution >= 0.6 is 11.3 Å². The topological polar surface area (TPSA) is 54.3 Å². The molecule has 0 spiro atoms. The number of carboxylic acid groups (broad SMARTS) is 1. The molecule has 2 N–H and O–H groups in total. The number of thiophene rings is 1. The molecule has 3 rings (SSSR count). The van der Waals surface area contributed by atoms with Crippen LogP contribution in [-0.4, -0.2) is 15.6 Å². The minimum absolute atomic E-state index is 0.401. The summed E-state index contributed by atoms with van der Waals surface area (Å²) in [5, 5.41) is 13.8. The van der Waals surface area contributed by atoms with Crippen LogP contribution in [0.4, 0.5) is 0 Å². The van der Waals surface area contributed by atoms with Crippen LogP contribution in [0.1, 0.15) is 37.6 Å². The smallest absolute Gasteiger partial charge is 0.339 e. The van der Waals surface area contributed by atoms with Crippen LogP contribution in [0.2, 0.25) is 0 Å². The lowest BCUT2D eigenvalue weighted by Gasteiger charge is -2.10. The van der Waals surface area contributed by atoms with E-state index in [0.29, 0.717) is 12.1 Å². The van der Waals surface area contributed by atoms with Crippen LogP contribution in [0.5, 0.6) is 0 Å². The van der Waals surface area contributed by atoms with Gasteiger partial charge < -0.3 is 15.0 Å². The van der Waals surface area contributed by atoms with Gasteiger partial charge in [-0.05, 0) is 44.0 Å². The second-order valence-corrected chi connectivity index (χ2v) is 7.43. The lowest BCUT2D eigenvalue weighted by atomic mass is 10.1. The van der Waals surface area contributed by atoms with E-state index in [0.717, 1.165) is 27.7 Å². The molecule has 0 amide bonds. The molecule has 5 heteroatoms. The summed E-state index contributed by atoms with van der Waals surface area (Å²) in [6.07, 6.45) is 1.93. The first-order valence-electron chi connectivity index (χ1n) is 8.23. The Balaban J connectivity index is 1.78.